The SMILES string of the molecule is Cc1cn(Cc2cc(Cl)ccc2Cl)c(Oc2cccnc2)n1. The Balaban J connectivity index is 1.89. The molecule has 6 heteroatoms. The first-order valence-electron chi connectivity index (χ1n) is 6.67. The fourth-order valence-electron chi connectivity index (χ4n) is 2.08. The van der Waals surface area contributed by atoms with Gasteiger partial charge in [-0.2, -0.15) is 0 Å². The van der Waals surface area contributed by atoms with E-state index >= 15 is 0 Å². The second-order valence-electron chi connectivity index (χ2n) is 4.82. The van der Waals surface area contributed by atoms with Gasteiger partial charge in [0.15, 0.2) is 0 Å². The van der Waals surface area contributed by atoms with Crippen LogP contribution in [0.5, 0.6) is 11.8 Å². The van der Waals surface area contributed by atoms with E-state index in [0.717, 1.165) is 11.3 Å². The van der Waals surface area contributed by atoms with E-state index in [4.69, 9.17) is 27.9 Å². The first-order valence-corrected chi connectivity index (χ1v) is 7.43. The fraction of sp³-hybridized carbons (Fsp3) is 0.125. The molecule has 0 saturated heterocycles. The molecule has 0 atom stereocenters. The minimum Gasteiger partial charge on any atom is -0.424 e. The van der Waals surface area contributed by atoms with E-state index in [1.165, 1.54) is 0 Å². The number of aryl methyl sites for hydroxylation is 1. The monoisotopic (exact) mass is 333 g/mol. The molecule has 0 unspecified atom stereocenters. The summed E-state index contributed by atoms with van der Waals surface area (Å²) in [6.45, 7) is 2.43. The molecule has 2 heterocycles. The maximum absolute atomic E-state index is 6.22. The Labute approximate surface area is 138 Å². The lowest BCUT2D eigenvalue weighted by Crippen LogP contribution is -2.02. The second-order valence-corrected chi connectivity index (χ2v) is 5.66. The van der Waals surface area contributed by atoms with Crippen LogP contribution in [0.3, 0.4) is 0 Å². The summed E-state index contributed by atoms with van der Waals surface area (Å²) in [5.74, 6) is 0.631. The van der Waals surface area contributed by atoms with Gasteiger partial charge in [0.05, 0.1) is 18.4 Å². The molecule has 0 N–H and O–H groups in total. The van der Waals surface area contributed by atoms with Crippen LogP contribution in [0.15, 0.2) is 48.9 Å². The van der Waals surface area contributed by atoms with Crippen LogP contribution in [-0.2, 0) is 6.54 Å². The van der Waals surface area contributed by atoms with Gasteiger partial charge in [-0.05, 0) is 42.8 Å². The van der Waals surface area contributed by atoms with Crippen molar-refractivity contribution < 1.29 is 4.74 Å². The van der Waals surface area contributed by atoms with Crippen molar-refractivity contribution in [3.8, 4) is 11.8 Å². The van der Waals surface area contributed by atoms with Gasteiger partial charge in [-0.25, -0.2) is 4.98 Å². The summed E-state index contributed by atoms with van der Waals surface area (Å²) in [5.41, 5.74) is 1.76. The van der Waals surface area contributed by atoms with Gasteiger partial charge in [0.25, 0.3) is 0 Å². The third-order valence-electron chi connectivity index (χ3n) is 3.05. The molecule has 0 aliphatic heterocycles. The molecule has 22 heavy (non-hydrogen) atoms. The zero-order valence-corrected chi connectivity index (χ0v) is 13.3. The average molecular weight is 334 g/mol. The molecule has 3 aromatic rings. The highest BCUT2D eigenvalue weighted by Gasteiger charge is 2.11. The van der Waals surface area contributed by atoms with Gasteiger partial charge in [0.1, 0.15) is 5.75 Å². The van der Waals surface area contributed by atoms with Crippen molar-refractivity contribution >= 4 is 23.2 Å². The molecule has 0 saturated carbocycles. The Kier molecular flexibility index (Phi) is 4.32. The van der Waals surface area contributed by atoms with Gasteiger partial charge >= 0.3 is 6.01 Å². The van der Waals surface area contributed by atoms with Crippen LogP contribution in [0.25, 0.3) is 0 Å². The Morgan fingerprint density at radius 1 is 1.23 bits per heavy atom. The van der Waals surface area contributed by atoms with Crippen LogP contribution < -0.4 is 4.74 Å². The highest BCUT2D eigenvalue weighted by molar-refractivity contribution is 6.33. The number of imidazole rings is 1. The number of ether oxygens (including phenoxy) is 1. The van der Waals surface area contributed by atoms with Crippen molar-refractivity contribution in [2.45, 2.75) is 13.5 Å². The molecule has 3 rings (SSSR count). The lowest BCUT2D eigenvalue weighted by atomic mass is 10.2. The van der Waals surface area contributed by atoms with Crippen molar-refractivity contribution in [1.29, 1.82) is 0 Å². The molecule has 2 aromatic heterocycles. The van der Waals surface area contributed by atoms with Crippen LogP contribution in [0.1, 0.15) is 11.3 Å². The van der Waals surface area contributed by atoms with Crippen molar-refractivity contribution in [2.75, 3.05) is 0 Å². The molecule has 0 spiro atoms. The van der Waals surface area contributed by atoms with Gasteiger partial charge in [0.2, 0.25) is 0 Å². The molecule has 0 aliphatic rings. The Hall–Kier alpha value is -2.04. The van der Waals surface area contributed by atoms with Crippen molar-refractivity contribution in [2.24, 2.45) is 0 Å². The molecule has 0 bridgehead atoms. The molecule has 0 radical (unpaired) electrons. The smallest absolute Gasteiger partial charge is 0.302 e. The van der Waals surface area contributed by atoms with Crippen LogP contribution in [-0.4, -0.2) is 14.5 Å². The molecular formula is C16H13Cl2N3O. The minimum atomic E-state index is 0.488. The van der Waals surface area contributed by atoms with Crippen molar-refractivity contribution in [3.63, 3.8) is 0 Å². The van der Waals surface area contributed by atoms with E-state index in [9.17, 15) is 0 Å². The number of hydrogen-bond donors (Lipinski definition) is 0. The number of benzene rings is 1. The summed E-state index contributed by atoms with van der Waals surface area (Å²) < 4.78 is 7.67. The molecule has 112 valence electrons. The predicted octanol–water partition coefficient (Wildman–Crippen LogP) is 4.73. The lowest BCUT2D eigenvalue weighted by Gasteiger charge is -2.10. The van der Waals surface area contributed by atoms with E-state index in [1.807, 2.05) is 35.9 Å². The minimum absolute atomic E-state index is 0.488. The van der Waals surface area contributed by atoms with E-state index in [2.05, 4.69) is 9.97 Å². The first-order chi connectivity index (χ1) is 10.6. The Morgan fingerprint density at radius 3 is 2.86 bits per heavy atom. The van der Waals surface area contributed by atoms with E-state index < -0.39 is 0 Å². The van der Waals surface area contributed by atoms with Crippen molar-refractivity contribution in [3.05, 3.63) is 70.2 Å². The van der Waals surface area contributed by atoms with Crippen LogP contribution in [0, 0.1) is 6.92 Å². The van der Waals surface area contributed by atoms with Gasteiger partial charge in [0, 0.05) is 22.4 Å². The maximum Gasteiger partial charge on any atom is 0.302 e. The molecular weight excluding hydrogens is 321 g/mol. The van der Waals surface area contributed by atoms with Gasteiger partial charge in [-0.1, -0.05) is 23.2 Å². The van der Waals surface area contributed by atoms with E-state index in [-0.39, 0.29) is 0 Å². The maximum atomic E-state index is 6.22. The molecule has 4 nitrogen and oxygen atoms in total. The number of nitrogens with zero attached hydrogens (tertiary/aromatic N) is 3. The number of rotatable bonds is 4. The number of pyridine rings is 1. The summed E-state index contributed by atoms with van der Waals surface area (Å²) >= 11 is 12.3. The van der Waals surface area contributed by atoms with Crippen LogP contribution >= 0.6 is 23.2 Å². The molecule has 0 amide bonds. The highest BCUT2D eigenvalue weighted by Crippen LogP contribution is 2.25. The van der Waals surface area contributed by atoms with Gasteiger partial charge in [-0.3, -0.25) is 9.55 Å². The fourth-order valence-corrected chi connectivity index (χ4v) is 2.45. The third kappa shape index (κ3) is 3.40. The number of halogens is 2. The quantitative estimate of drug-likeness (QED) is 0.692. The normalized spacial score (nSPS) is 10.7. The number of aromatic nitrogens is 3. The summed E-state index contributed by atoms with van der Waals surface area (Å²) in [6, 6.07) is 9.51. The van der Waals surface area contributed by atoms with Crippen LogP contribution in [0.2, 0.25) is 10.0 Å². The zero-order chi connectivity index (χ0) is 15.5. The average Bonchev–Trinajstić information content (AvgIpc) is 2.83. The topological polar surface area (TPSA) is 39.9 Å². The van der Waals surface area contributed by atoms with Gasteiger partial charge in [-0.15, -0.1) is 0 Å². The largest absolute Gasteiger partial charge is 0.424 e. The molecule has 0 fully saturated rings. The third-order valence-corrected chi connectivity index (χ3v) is 3.66. The Morgan fingerprint density at radius 2 is 2.09 bits per heavy atom. The summed E-state index contributed by atoms with van der Waals surface area (Å²) in [6.07, 6.45) is 5.24. The number of hydrogen-bond acceptors (Lipinski definition) is 3. The molecule has 0 aliphatic carbocycles. The summed E-state index contributed by atoms with van der Waals surface area (Å²) in [4.78, 5) is 8.42. The van der Waals surface area contributed by atoms with Crippen molar-refractivity contribution in [1.82, 2.24) is 14.5 Å². The predicted molar refractivity (Wildman–Crippen MR) is 86.8 cm³/mol. The summed E-state index contributed by atoms with van der Waals surface area (Å²) in [5, 5.41) is 1.30. The summed E-state index contributed by atoms with van der Waals surface area (Å²) in [7, 11) is 0. The zero-order valence-electron chi connectivity index (χ0n) is 11.8. The van der Waals surface area contributed by atoms with E-state index in [0.29, 0.717) is 28.3 Å². The molecule has 1 aromatic carbocycles. The standard InChI is InChI=1S/C16H13Cl2N3O/c1-11-9-21(10-12-7-13(17)4-5-15(12)18)16(20-11)22-14-3-2-6-19-8-14/h2-9H,10H2,1H3. The highest BCUT2D eigenvalue weighted by atomic mass is 35.5. The Bertz CT molecular complexity index is 787. The van der Waals surface area contributed by atoms with Crippen LogP contribution in [0.4, 0.5) is 0 Å². The van der Waals surface area contributed by atoms with E-state index in [1.54, 1.807) is 24.5 Å². The lowest BCUT2D eigenvalue weighted by molar-refractivity contribution is 0.416. The first kappa shape index (κ1) is 14.9. The second kappa shape index (κ2) is 6.38. The van der Waals surface area contributed by atoms with Gasteiger partial charge < -0.3 is 4.74 Å².